The van der Waals surface area contributed by atoms with Crippen molar-refractivity contribution in [2.45, 2.75) is 19.5 Å². The molecule has 0 aliphatic carbocycles. The molecule has 0 radical (unpaired) electrons. The lowest BCUT2D eigenvalue weighted by Crippen LogP contribution is -2.25. The lowest BCUT2D eigenvalue weighted by atomic mass is 10.2. The minimum atomic E-state index is -0.0763. The third-order valence-electron chi connectivity index (χ3n) is 4.01. The molecule has 1 aromatic carbocycles. The number of hydrogen-bond donors (Lipinski definition) is 1. The van der Waals surface area contributed by atoms with E-state index in [-0.39, 0.29) is 12.5 Å². The van der Waals surface area contributed by atoms with Crippen LogP contribution in [0, 0.1) is 0 Å². The van der Waals surface area contributed by atoms with Gasteiger partial charge in [-0.3, -0.25) is 4.79 Å². The van der Waals surface area contributed by atoms with Gasteiger partial charge in [0, 0.05) is 24.4 Å². The van der Waals surface area contributed by atoms with E-state index in [0.717, 1.165) is 36.2 Å². The molecule has 3 aromatic rings. The molecule has 1 amide bonds. The summed E-state index contributed by atoms with van der Waals surface area (Å²) in [6.07, 6.45) is 2.65. The lowest BCUT2D eigenvalue weighted by Gasteiger charge is -2.20. The van der Waals surface area contributed by atoms with E-state index in [0.29, 0.717) is 5.13 Å². The Kier molecular flexibility index (Phi) is 3.59. The maximum atomic E-state index is 12.3. The number of aromatic nitrogens is 3. The molecule has 2 aromatic heterocycles. The molecule has 0 fully saturated rings. The molecule has 0 saturated carbocycles. The summed E-state index contributed by atoms with van der Waals surface area (Å²) in [6, 6.07) is 7.79. The predicted molar refractivity (Wildman–Crippen MR) is 90.5 cm³/mol. The minimum Gasteiger partial charge on any atom is -0.321 e. The molecule has 1 aliphatic heterocycles. The van der Waals surface area contributed by atoms with Gasteiger partial charge in [0.1, 0.15) is 6.54 Å². The average molecular weight is 327 g/mol. The Morgan fingerprint density at radius 3 is 3.17 bits per heavy atom. The molecule has 4 rings (SSSR count). The van der Waals surface area contributed by atoms with Gasteiger partial charge in [-0.25, -0.2) is 9.97 Å². The van der Waals surface area contributed by atoms with Crippen LogP contribution < -0.4 is 5.32 Å². The molecular weight excluding hydrogens is 310 g/mol. The second-order valence-corrected chi connectivity index (χ2v) is 6.87. The van der Waals surface area contributed by atoms with Crippen LogP contribution in [0.3, 0.4) is 0 Å². The SMILES string of the molecule is CN1CCc2nc(NC(=O)Cn3cnc4ccccc43)sc2C1. The largest absolute Gasteiger partial charge is 0.321 e. The van der Waals surface area contributed by atoms with E-state index in [4.69, 9.17) is 0 Å². The number of carbonyl (C=O) groups excluding carboxylic acids is 1. The van der Waals surface area contributed by atoms with E-state index >= 15 is 0 Å². The molecule has 1 N–H and O–H groups in total. The lowest BCUT2D eigenvalue weighted by molar-refractivity contribution is -0.116. The number of fused-ring (bicyclic) bond motifs is 2. The summed E-state index contributed by atoms with van der Waals surface area (Å²) in [7, 11) is 2.10. The first-order valence-electron chi connectivity index (χ1n) is 7.56. The fourth-order valence-corrected chi connectivity index (χ4v) is 3.93. The monoisotopic (exact) mass is 327 g/mol. The first-order valence-corrected chi connectivity index (χ1v) is 8.37. The van der Waals surface area contributed by atoms with Crippen molar-refractivity contribution < 1.29 is 4.79 Å². The minimum absolute atomic E-state index is 0.0763. The maximum Gasteiger partial charge on any atom is 0.246 e. The molecule has 7 heteroatoms. The van der Waals surface area contributed by atoms with E-state index in [1.165, 1.54) is 4.88 Å². The molecule has 118 valence electrons. The van der Waals surface area contributed by atoms with Gasteiger partial charge >= 0.3 is 0 Å². The zero-order chi connectivity index (χ0) is 15.8. The molecule has 6 nitrogen and oxygen atoms in total. The predicted octanol–water partition coefficient (Wildman–Crippen LogP) is 2.12. The highest BCUT2D eigenvalue weighted by Crippen LogP contribution is 2.27. The van der Waals surface area contributed by atoms with Gasteiger partial charge in [-0.1, -0.05) is 12.1 Å². The Balaban J connectivity index is 1.48. The van der Waals surface area contributed by atoms with Crippen LogP contribution in [0.1, 0.15) is 10.6 Å². The summed E-state index contributed by atoms with van der Waals surface area (Å²) in [5.74, 6) is -0.0763. The smallest absolute Gasteiger partial charge is 0.246 e. The van der Waals surface area contributed by atoms with E-state index in [2.05, 4.69) is 27.2 Å². The number of thiazole rings is 1. The molecule has 0 saturated heterocycles. The highest BCUT2D eigenvalue weighted by Gasteiger charge is 2.19. The van der Waals surface area contributed by atoms with Crippen LogP contribution in [0.4, 0.5) is 5.13 Å². The normalized spacial score (nSPS) is 14.8. The number of rotatable bonds is 3. The molecule has 0 unspecified atom stereocenters. The second-order valence-electron chi connectivity index (χ2n) is 5.79. The molecular formula is C16H17N5OS. The van der Waals surface area contributed by atoms with Crippen molar-refractivity contribution in [3.63, 3.8) is 0 Å². The summed E-state index contributed by atoms with van der Waals surface area (Å²) < 4.78 is 1.85. The highest BCUT2D eigenvalue weighted by molar-refractivity contribution is 7.15. The van der Waals surface area contributed by atoms with Gasteiger partial charge in [0.05, 0.1) is 23.1 Å². The highest BCUT2D eigenvalue weighted by atomic mass is 32.1. The van der Waals surface area contributed by atoms with Crippen LogP contribution in [-0.4, -0.2) is 38.9 Å². The fourth-order valence-electron chi connectivity index (χ4n) is 2.83. The quantitative estimate of drug-likeness (QED) is 0.800. The number of anilines is 1. The third kappa shape index (κ3) is 2.85. The number of para-hydroxylation sites is 2. The van der Waals surface area contributed by atoms with Crippen molar-refractivity contribution in [2.75, 3.05) is 18.9 Å². The number of carbonyl (C=O) groups is 1. The number of nitrogens with zero attached hydrogens (tertiary/aromatic N) is 4. The van der Waals surface area contributed by atoms with E-state index in [1.54, 1.807) is 17.7 Å². The van der Waals surface area contributed by atoms with Crippen LogP contribution in [0.25, 0.3) is 11.0 Å². The summed E-state index contributed by atoms with van der Waals surface area (Å²) in [5, 5.41) is 3.61. The third-order valence-corrected chi connectivity index (χ3v) is 5.01. The maximum absolute atomic E-state index is 12.3. The Bertz CT molecular complexity index is 868. The van der Waals surface area contributed by atoms with Crippen molar-refractivity contribution in [1.82, 2.24) is 19.4 Å². The van der Waals surface area contributed by atoms with Crippen molar-refractivity contribution in [2.24, 2.45) is 0 Å². The van der Waals surface area contributed by atoms with Gasteiger partial charge < -0.3 is 14.8 Å². The zero-order valence-electron chi connectivity index (χ0n) is 12.8. The number of nitrogens with one attached hydrogen (secondary N) is 1. The fraction of sp³-hybridized carbons (Fsp3) is 0.312. The first kappa shape index (κ1) is 14.3. The van der Waals surface area contributed by atoms with Gasteiger partial charge in [-0.15, -0.1) is 11.3 Å². The van der Waals surface area contributed by atoms with Crippen LogP contribution in [-0.2, 0) is 24.3 Å². The van der Waals surface area contributed by atoms with Crippen molar-refractivity contribution in [1.29, 1.82) is 0 Å². The van der Waals surface area contributed by atoms with E-state index in [9.17, 15) is 4.79 Å². The number of amides is 1. The van der Waals surface area contributed by atoms with Gasteiger partial charge in [0.15, 0.2) is 5.13 Å². The summed E-state index contributed by atoms with van der Waals surface area (Å²) in [5.41, 5.74) is 2.98. The molecule has 23 heavy (non-hydrogen) atoms. The number of benzene rings is 1. The topological polar surface area (TPSA) is 63.1 Å². The van der Waals surface area contributed by atoms with Crippen LogP contribution >= 0.6 is 11.3 Å². The van der Waals surface area contributed by atoms with Gasteiger partial charge in [0.2, 0.25) is 5.91 Å². The molecule has 3 heterocycles. The molecule has 0 atom stereocenters. The van der Waals surface area contributed by atoms with Gasteiger partial charge in [-0.2, -0.15) is 0 Å². The zero-order valence-corrected chi connectivity index (χ0v) is 13.6. The van der Waals surface area contributed by atoms with Crippen molar-refractivity contribution >= 4 is 33.4 Å². The molecule has 0 spiro atoms. The Morgan fingerprint density at radius 2 is 2.26 bits per heavy atom. The van der Waals surface area contributed by atoms with Crippen LogP contribution in [0.2, 0.25) is 0 Å². The number of hydrogen-bond acceptors (Lipinski definition) is 5. The van der Waals surface area contributed by atoms with Gasteiger partial charge in [0.25, 0.3) is 0 Å². The Hall–Kier alpha value is -2.25. The second kappa shape index (κ2) is 5.75. The first-order chi connectivity index (χ1) is 11.2. The standard InChI is InChI=1S/C16H17N5OS/c1-20-7-6-12-14(8-20)23-16(18-12)19-15(22)9-21-10-17-11-4-2-3-5-13(11)21/h2-5,10H,6-9H2,1H3,(H,18,19,22). The average Bonchev–Trinajstić information content (AvgIpc) is 3.11. The Morgan fingerprint density at radius 1 is 1.39 bits per heavy atom. The van der Waals surface area contributed by atoms with Crippen LogP contribution in [0.5, 0.6) is 0 Å². The summed E-state index contributed by atoms with van der Waals surface area (Å²) in [4.78, 5) is 24.7. The number of imidazole rings is 1. The Labute approximate surface area is 137 Å². The van der Waals surface area contributed by atoms with Crippen LogP contribution in [0.15, 0.2) is 30.6 Å². The summed E-state index contributed by atoms with van der Waals surface area (Å²) in [6.45, 7) is 2.17. The molecule has 0 bridgehead atoms. The summed E-state index contributed by atoms with van der Waals surface area (Å²) >= 11 is 1.57. The van der Waals surface area contributed by atoms with Crippen molar-refractivity contribution in [3.05, 3.63) is 41.2 Å². The van der Waals surface area contributed by atoms with Gasteiger partial charge in [-0.05, 0) is 19.2 Å². The van der Waals surface area contributed by atoms with E-state index in [1.807, 2.05) is 28.8 Å². The number of likely N-dealkylation sites (N-methyl/N-ethyl adjacent to an activating group) is 1. The molecule has 1 aliphatic rings. The van der Waals surface area contributed by atoms with Crippen molar-refractivity contribution in [3.8, 4) is 0 Å². The van der Waals surface area contributed by atoms with E-state index < -0.39 is 0 Å².